The van der Waals surface area contributed by atoms with Gasteiger partial charge in [-0.25, -0.2) is 0 Å². The second kappa shape index (κ2) is 4.24. The van der Waals surface area contributed by atoms with Gasteiger partial charge in [-0.3, -0.25) is 4.79 Å². The van der Waals surface area contributed by atoms with Crippen molar-refractivity contribution in [1.29, 1.82) is 0 Å². The van der Waals surface area contributed by atoms with E-state index in [0.29, 0.717) is 11.3 Å². The first-order valence-electron chi connectivity index (χ1n) is 5.98. The summed E-state index contributed by atoms with van der Waals surface area (Å²) >= 11 is 0. The Hall–Kier alpha value is -1.77. The number of hydrogen-bond acceptors (Lipinski definition) is 3. The second-order valence-corrected chi connectivity index (χ2v) is 4.37. The quantitative estimate of drug-likeness (QED) is 0.732. The standard InChI is InChI=1S/C14H14O3/c15-14(10-4-2-1-3-5-10)11-6-7-12-13(8-11)17-9-16-12/h4,6-8H,1-3,5,9H2. The topological polar surface area (TPSA) is 35.5 Å². The van der Waals surface area contributed by atoms with Gasteiger partial charge in [-0.15, -0.1) is 0 Å². The highest BCUT2D eigenvalue weighted by Gasteiger charge is 2.19. The SMILES string of the molecule is O=C(C1=CCCCC1)c1ccc2c(c1)OCO2. The lowest BCUT2D eigenvalue weighted by atomic mass is 9.93. The largest absolute Gasteiger partial charge is 0.454 e. The lowest BCUT2D eigenvalue weighted by molar-refractivity contribution is 0.102. The molecule has 0 radical (unpaired) electrons. The molecule has 0 N–H and O–H groups in total. The molecule has 0 atom stereocenters. The summed E-state index contributed by atoms with van der Waals surface area (Å²) in [5.74, 6) is 1.52. The van der Waals surface area contributed by atoms with Crippen molar-refractivity contribution in [3.8, 4) is 11.5 Å². The fourth-order valence-corrected chi connectivity index (χ4v) is 2.27. The number of benzene rings is 1. The van der Waals surface area contributed by atoms with Crippen LogP contribution in [0.5, 0.6) is 11.5 Å². The highest BCUT2D eigenvalue weighted by molar-refractivity contribution is 6.09. The summed E-state index contributed by atoms with van der Waals surface area (Å²) in [6, 6.07) is 5.39. The van der Waals surface area contributed by atoms with Crippen LogP contribution in [0.1, 0.15) is 36.0 Å². The molecule has 0 saturated heterocycles. The number of carbonyl (C=O) groups excluding carboxylic acids is 1. The molecule has 3 nitrogen and oxygen atoms in total. The molecule has 0 fully saturated rings. The van der Waals surface area contributed by atoms with E-state index in [0.717, 1.165) is 30.6 Å². The number of hydrogen-bond donors (Lipinski definition) is 0. The van der Waals surface area contributed by atoms with Gasteiger partial charge >= 0.3 is 0 Å². The summed E-state index contributed by atoms with van der Waals surface area (Å²) in [5, 5.41) is 0. The molecule has 17 heavy (non-hydrogen) atoms. The summed E-state index contributed by atoms with van der Waals surface area (Å²) < 4.78 is 10.5. The lowest BCUT2D eigenvalue weighted by Crippen LogP contribution is -2.06. The summed E-state index contributed by atoms with van der Waals surface area (Å²) in [6.45, 7) is 0.246. The monoisotopic (exact) mass is 230 g/mol. The Balaban J connectivity index is 1.88. The van der Waals surface area contributed by atoms with Crippen LogP contribution in [-0.2, 0) is 0 Å². The van der Waals surface area contributed by atoms with Gasteiger partial charge in [-0.05, 0) is 49.5 Å². The van der Waals surface area contributed by atoms with Crippen molar-refractivity contribution in [3.05, 3.63) is 35.4 Å². The number of ether oxygens (including phenoxy) is 2. The molecule has 3 rings (SSSR count). The molecule has 1 aromatic carbocycles. The number of carbonyl (C=O) groups is 1. The Labute approximate surface area is 100 Å². The van der Waals surface area contributed by atoms with E-state index >= 15 is 0 Å². The molecule has 0 spiro atoms. The molecule has 2 aliphatic rings. The summed E-state index contributed by atoms with van der Waals surface area (Å²) in [6.07, 6.45) is 6.29. The van der Waals surface area contributed by atoms with Crippen LogP contribution in [0.3, 0.4) is 0 Å². The minimum Gasteiger partial charge on any atom is -0.454 e. The predicted octanol–water partition coefficient (Wildman–Crippen LogP) is 3.10. The minimum absolute atomic E-state index is 0.128. The Morgan fingerprint density at radius 3 is 2.82 bits per heavy atom. The lowest BCUT2D eigenvalue weighted by Gasteiger charge is -2.11. The first-order chi connectivity index (χ1) is 8.34. The third-order valence-electron chi connectivity index (χ3n) is 3.22. The minimum atomic E-state index is 0.128. The molecular weight excluding hydrogens is 216 g/mol. The van der Waals surface area contributed by atoms with E-state index in [-0.39, 0.29) is 12.6 Å². The Morgan fingerprint density at radius 1 is 1.12 bits per heavy atom. The smallest absolute Gasteiger partial charge is 0.231 e. The zero-order valence-corrected chi connectivity index (χ0v) is 9.57. The Bertz CT molecular complexity index is 488. The fourth-order valence-electron chi connectivity index (χ4n) is 2.27. The number of Topliss-reactive ketones (excluding diaryl/α,β-unsaturated/α-hetero) is 1. The van der Waals surface area contributed by atoms with Crippen molar-refractivity contribution in [1.82, 2.24) is 0 Å². The van der Waals surface area contributed by atoms with Gasteiger partial charge in [0.25, 0.3) is 0 Å². The molecule has 0 bridgehead atoms. The van der Waals surface area contributed by atoms with E-state index in [1.807, 2.05) is 6.07 Å². The highest BCUT2D eigenvalue weighted by Crippen LogP contribution is 2.33. The van der Waals surface area contributed by atoms with Crippen LogP contribution in [0.25, 0.3) is 0 Å². The van der Waals surface area contributed by atoms with Crippen LogP contribution in [0.4, 0.5) is 0 Å². The first-order valence-corrected chi connectivity index (χ1v) is 5.98. The molecule has 1 aliphatic carbocycles. The number of ketones is 1. The van der Waals surface area contributed by atoms with Crippen molar-refractivity contribution in [3.63, 3.8) is 0 Å². The average Bonchev–Trinajstić information content (AvgIpc) is 2.86. The third-order valence-corrected chi connectivity index (χ3v) is 3.22. The molecule has 1 aliphatic heterocycles. The van der Waals surface area contributed by atoms with Gasteiger partial charge in [-0.1, -0.05) is 6.08 Å². The maximum Gasteiger partial charge on any atom is 0.231 e. The van der Waals surface area contributed by atoms with E-state index in [9.17, 15) is 4.79 Å². The van der Waals surface area contributed by atoms with Crippen LogP contribution in [0.15, 0.2) is 29.8 Å². The van der Waals surface area contributed by atoms with Crippen molar-refractivity contribution in [2.45, 2.75) is 25.7 Å². The normalized spacial score (nSPS) is 17.8. The molecule has 1 heterocycles. The third kappa shape index (κ3) is 1.93. The van der Waals surface area contributed by atoms with Crippen LogP contribution in [-0.4, -0.2) is 12.6 Å². The maximum absolute atomic E-state index is 12.2. The second-order valence-electron chi connectivity index (χ2n) is 4.37. The predicted molar refractivity (Wildman–Crippen MR) is 63.4 cm³/mol. The molecular formula is C14H14O3. The Kier molecular flexibility index (Phi) is 2.59. The van der Waals surface area contributed by atoms with Crippen molar-refractivity contribution < 1.29 is 14.3 Å². The average molecular weight is 230 g/mol. The highest BCUT2D eigenvalue weighted by atomic mass is 16.7. The molecule has 88 valence electrons. The zero-order valence-electron chi connectivity index (χ0n) is 9.57. The van der Waals surface area contributed by atoms with Crippen LogP contribution < -0.4 is 9.47 Å². The van der Waals surface area contributed by atoms with E-state index in [4.69, 9.17) is 9.47 Å². The van der Waals surface area contributed by atoms with Crippen molar-refractivity contribution in [2.75, 3.05) is 6.79 Å². The zero-order chi connectivity index (χ0) is 11.7. The molecule has 0 unspecified atom stereocenters. The van der Waals surface area contributed by atoms with E-state index in [2.05, 4.69) is 6.08 Å². The molecule has 3 heteroatoms. The van der Waals surface area contributed by atoms with Gasteiger partial charge in [0.1, 0.15) is 0 Å². The molecule has 0 aromatic heterocycles. The van der Waals surface area contributed by atoms with Gasteiger partial charge in [0.2, 0.25) is 6.79 Å². The van der Waals surface area contributed by atoms with Gasteiger partial charge < -0.3 is 9.47 Å². The fraction of sp³-hybridized carbons (Fsp3) is 0.357. The van der Waals surface area contributed by atoms with Crippen LogP contribution >= 0.6 is 0 Å². The number of allylic oxidation sites excluding steroid dienone is 2. The van der Waals surface area contributed by atoms with Gasteiger partial charge in [-0.2, -0.15) is 0 Å². The molecule has 0 amide bonds. The maximum atomic E-state index is 12.2. The number of rotatable bonds is 2. The van der Waals surface area contributed by atoms with Crippen LogP contribution in [0, 0.1) is 0 Å². The van der Waals surface area contributed by atoms with E-state index in [1.54, 1.807) is 12.1 Å². The number of fused-ring (bicyclic) bond motifs is 1. The van der Waals surface area contributed by atoms with Gasteiger partial charge in [0.15, 0.2) is 17.3 Å². The molecule has 0 saturated carbocycles. The van der Waals surface area contributed by atoms with E-state index in [1.165, 1.54) is 6.42 Å². The molecule has 1 aromatic rings. The van der Waals surface area contributed by atoms with Crippen LogP contribution in [0.2, 0.25) is 0 Å². The first kappa shape index (κ1) is 10.4. The van der Waals surface area contributed by atoms with Crippen molar-refractivity contribution >= 4 is 5.78 Å². The van der Waals surface area contributed by atoms with Crippen molar-refractivity contribution in [2.24, 2.45) is 0 Å². The van der Waals surface area contributed by atoms with Gasteiger partial charge in [0, 0.05) is 5.56 Å². The summed E-state index contributed by atoms with van der Waals surface area (Å²) in [7, 11) is 0. The summed E-state index contributed by atoms with van der Waals surface area (Å²) in [5.41, 5.74) is 1.64. The Morgan fingerprint density at radius 2 is 2.00 bits per heavy atom. The van der Waals surface area contributed by atoms with E-state index < -0.39 is 0 Å². The summed E-state index contributed by atoms with van der Waals surface area (Å²) in [4.78, 5) is 12.2. The van der Waals surface area contributed by atoms with Gasteiger partial charge in [0.05, 0.1) is 0 Å².